The lowest BCUT2D eigenvalue weighted by atomic mass is 10.5. The van der Waals surface area contributed by atoms with Crippen molar-refractivity contribution >= 4 is 18.5 Å². The van der Waals surface area contributed by atoms with Crippen LogP contribution in [0.1, 0.15) is 6.42 Å². The summed E-state index contributed by atoms with van der Waals surface area (Å²) in [7, 11) is 0. The summed E-state index contributed by atoms with van der Waals surface area (Å²) in [6, 6.07) is 0. The van der Waals surface area contributed by atoms with Crippen LogP contribution < -0.4 is 16.5 Å². The molecular formula is C6H12N4O2. The zero-order valence-electron chi connectivity index (χ0n) is 6.62. The molecule has 0 unspecified atom stereocenters. The molecule has 0 rings (SSSR count). The summed E-state index contributed by atoms with van der Waals surface area (Å²) in [4.78, 5) is 20.4. The molecule has 4 N–H and O–H groups in total. The maximum absolute atomic E-state index is 10.7. The molecule has 68 valence electrons. The minimum atomic E-state index is -0.365. The molecule has 0 fully saturated rings. The fourth-order valence-corrected chi connectivity index (χ4v) is 0.431. The highest BCUT2D eigenvalue weighted by Gasteiger charge is 1.94. The SMILES string of the molecule is NCC/C=N/NC(=O)CNC=O. The van der Waals surface area contributed by atoms with Crippen LogP contribution in [0.3, 0.4) is 0 Å². The highest BCUT2D eigenvalue weighted by Crippen LogP contribution is 1.66. The summed E-state index contributed by atoms with van der Waals surface area (Å²) in [5, 5.41) is 5.75. The van der Waals surface area contributed by atoms with Gasteiger partial charge in [0.15, 0.2) is 0 Å². The highest BCUT2D eigenvalue weighted by atomic mass is 16.2. The van der Waals surface area contributed by atoms with Gasteiger partial charge in [0.05, 0.1) is 6.54 Å². The topological polar surface area (TPSA) is 96.6 Å². The Balaban J connectivity index is 3.36. The summed E-state index contributed by atoms with van der Waals surface area (Å²) < 4.78 is 0. The summed E-state index contributed by atoms with van der Waals surface area (Å²) in [5.41, 5.74) is 7.37. The van der Waals surface area contributed by atoms with Crippen molar-refractivity contribution in [3.05, 3.63) is 0 Å². The maximum atomic E-state index is 10.7. The van der Waals surface area contributed by atoms with E-state index in [-0.39, 0.29) is 12.5 Å². The van der Waals surface area contributed by atoms with Crippen molar-refractivity contribution in [2.45, 2.75) is 6.42 Å². The molecule has 0 aliphatic carbocycles. The Kier molecular flexibility index (Phi) is 6.76. The van der Waals surface area contributed by atoms with Crippen LogP contribution in [0.5, 0.6) is 0 Å². The van der Waals surface area contributed by atoms with Crippen molar-refractivity contribution in [1.82, 2.24) is 10.7 Å². The first kappa shape index (κ1) is 10.6. The number of carbonyl (C=O) groups excluding carboxylic acids is 2. The third-order valence-electron chi connectivity index (χ3n) is 0.922. The molecule has 0 atom stereocenters. The van der Waals surface area contributed by atoms with Crippen LogP contribution in [0.2, 0.25) is 0 Å². The molecule has 0 radical (unpaired) electrons. The number of carbonyl (C=O) groups is 2. The second kappa shape index (κ2) is 7.67. The molecule has 0 heterocycles. The predicted molar refractivity (Wildman–Crippen MR) is 44.4 cm³/mol. The lowest BCUT2D eigenvalue weighted by Crippen LogP contribution is -2.30. The summed E-state index contributed by atoms with van der Waals surface area (Å²) in [6.45, 7) is 0.426. The summed E-state index contributed by atoms with van der Waals surface area (Å²) in [5.74, 6) is -0.365. The van der Waals surface area contributed by atoms with Gasteiger partial charge < -0.3 is 11.1 Å². The van der Waals surface area contributed by atoms with Crippen molar-refractivity contribution in [3.63, 3.8) is 0 Å². The molecule has 0 aromatic heterocycles. The molecule has 0 saturated heterocycles. The molecular weight excluding hydrogens is 160 g/mol. The van der Waals surface area contributed by atoms with Crippen LogP contribution in [0.15, 0.2) is 5.10 Å². The molecule has 0 aromatic carbocycles. The third kappa shape index (κ3) is 6.69. The van der Waals surface area contributed by atoms with Crippen LogP contribution in [0, 0.1) is 0 Å². The Morgan fingerprint density at radius 1 is 1.58 bits per heavy atom. The van der Waals surface area contributed by atoms with Gasteiger partial charge in [0.25, 0.3) is 5.91 Å². The van der Waals surface area contributed by atoms with E-state index in [9.17, 15) is 9.59 Å². The van der Waals surface area contributed by atoms with E-state index in [4.69, 9.17) is 5.73 Å². The molecule has 0 aliphatic rings. The smallest absolute Gasteiger partial charge is 0.259 e. The van der Waals surface area contributed by atoms with Crippen molar-refractivity contribution in [1.29, 1.82) is 0 Å². The van der Waals surface area contributed by atoms with E-state index in [1.54, 1.807) is 0 Å². The number of hydrogen-bond donors (Lipinski definition) is 3. The Morgan fingerprint density at radius 3 is 2.92 bits per heavy atom. The van der Waals surface area contributed by atoms with Gasteiger partial charge in [-0.15, -0.1) is 0 Å². The lowest BCUT2D eigenvalue weighted by Gasteiger charge is -1.96. The molecule has 12 heavy (non-hydrogen) atoms. The largest absolute Gasteiger partial charge is 0.350 e. The maximum Gasteiger partial charge on any atom is 0.259 e. The standard InChI is InChI=1S/C6H12N4O2/c7-2-1-3-9-10-6(12)4-8-5-11/h3,5H,1-2,4,7H2,(H,8,11)(H,10,12)/b9-3+. The van der Waals surface area contributed by atoms with E-state index in [1.807, 2.05) is 0 Å². The van der Waals surface area contributed by atoms with E-state index in [0.29, 0.717) is 19.4 Å². The Labute approximate surface area is 70.2 Å². The van der Waals surface area contributed by atoms with Crippen LogP contribution in [0.4, 0.5) is 0 Å². The van der Waals surface area contributed by atoms with E-state index in [1.165, 1.54) is 6.21 Å². The van der Waals surface area contributed by atoms with Gasteiger partial charge in [-0.25, -0.2) is 5.43 Å². The minimum absolute atomic E-state index is 0.0660. The molecule has 6 nitrogen and oxygen atoms in total. The average molecular weight is 172 g/mol. The van der Waals surface area contributed by atoms with Gasteiger partial charge in [-0.1, -0.05) is 0 Å². The number of hydrazone groups is 1. The molecule has 2 amide bonds. The monoisotopic (exact) mass is 172 g/mol. The predicted octanol–water partition coefficient (Wildman–Crippen LogP) is -1.82. The third-order valence-corrected chi connectivity index (χ3v) is 0.922. The fraction of sp³-hybridized carbons (Fsp3) is 0.500. The van der Waals surface area contributed by atoms with Crippen molar-refractivity contribution in [3.8, 4) is 0 Å². The van der Waals surface area contributed by atoms with Crippen LogP contribution >= 0.6 is 0 Å². The minimum Gasteiger partial charge on any atom is -0.350 e. The number of nitrogens with zero attached hydrogens (tertiary/aromatic N) is 1. The average Bonchev–Trinajstić information content (AvgIpc) is 2.09. The molecule has 0 bridgehead atoms. The van der Waals surface area contributed by atoms with Gasteiger partial charge >= 0.3 is 0 Å². The second-order valence-corrected chi connectivity index (χ2v) is 1.92. The first-order chi connectivity index (χ1) is 5.81. The van der Waals surface area contributed by atoms with Crippen molar-refractivity contribution in [2.75, 3.05) is 13.1 Å². The Hall–Kier alpha value is -1.43. The summed E-state index contributed by atoms with van der Waals surface area (Å²) >= 11 is 0. The van der Waals surface area contributed by atoms with Gasteiger partial charge in [0.2, 0.25) is 6.41 Å². The number of hydrogen-bond acceptors (Lipinski definition) is 4. The molecule has 0 saturated carbocycles. The highest BCUT2D eigenvalue weighted by molar-refractivity contribution is 5.80. The molecule has 0 aliphatic heterocycles. The van der Waals surface area contributed by atoms with Crippen molar-refractivity contribution < 1.29 is 9.59 Å². The lowest BCUT2D eigenvalue weighted by molar-refractivity contribution is -0.122. The van der Waals surface area contributed by atoms with Gasteiger partial charge in [0.1, 0.15) is 0 Å². The zero-order chi connectivity index (χ0) is 9.23. The van der Waals surface area contributed by atoms with E-state index in [2.05, 4.69) is 15.8 Å². The number of nitrogens with one attached hydrogen (secondary N) is 2. The van der Waals surface area contributed by atoms with Gasteiger partial charge in [0, 0.05) is 6.21 Å². The zero-order valence-corrected chi connectivity index (χ0v) is 6.62. The van der Waals surface area contributed by atoms with Gasteiger partial charge in [-0.2, -0.15) is 5.10 Å². The van der Waals surface area contributed by atoms with Crippen LogP contribution in [0.25, 0.3) is 0 Å². The van der Waals surface area contributed by atoms with Crippen molar-refractivity contribution in [2.24, 2.45) is 10.8 Å². The molecule has 6 heteroatoms. The van der Waals surface area contributed by atoms with Gasteiger partial charge in [-0.05, 0) is 13.0 Å². The fourth-order valence-electron chi connectivity index (χ4n) is 0.431. The van der Waals surface area contributed by atoms with Crippen LogP contribution in [-0.4, -0.2) is 31.6 Å². The van der Waals surface area contributed by atoms with E-state index in [0.717, 1.165) is 0 Å². The first-order valence-corrected chi connectivity index (χ1v) is 3.48. The Bertz CT molecular complexity index is 169. The quantitative estimate of drug-likeness (QED) is 0.250. The van der Waals surface area contributed by atoms with E-state index < -0.39 is 0 Å². The normalized spacial score (nSPS) is 9.75. The second-order valence-electron chi connectivity index (χ2n) is 1.92. The van der Waals surface area contributed by atoms with Gasteiger partial charge in [-0.3, -0.25) is 9.59 Å². The summed E-state index contributed by atoms with van der Waals surface area (Å²) in [6.07, 6.45) is 2.56. The number of rotatable bonds is 6. The number of nitrogens with two attached hydrogens (primary N) is 1. The first-order valence-electron chi connectivity index (χ1n) is 3.48. The van der Waals surface area contributed by atoms with Crippen LogP contribution in [-0.2, 0) is 9.59 Å². The molecule has 0 aromatic rings. The number of amides is 2. The van der Waals surface area contributed by atoms with E-state index >= 15 is 0 Å². The molecule has 0 spiro atoms. The Morgan fingerprint density at radius 2 is 2.33 bits per heavy atom.